The molecular weight excluding hydrogens is 236 g/mol. The number of nitrogens with two attached hydrogens (primary N) is 1. The monoisotopic (exact) mass is 264 g/mol. The van der Waals surface area contributed by atoms with E-state index < -0.39 is 0 Å². The van der Waals surface area contributed by atoms with E-state index in [0.717, 1.165) is 19.4 Å². The van der Waals surface area contributed by atoms with E-state index in [-0.39, 0.29) is 11.6 Å². The van der Waals surface area contributed by atoms with Gasteiger partial charge in [0, 0.05) is 30.4 Å². The molecule has 2 heterocycles. The molecule has 0 saturated carbocycles. The lowest BCUT2D eigenvalue weighted by Crippen LogP contribution is -2.53. The molecule has 0 radical (unpaired) electrons. The molecule has 4 heteroatoms. The van der Waals surface area contributed by atoms with Gasteiger partial charge in [0.15, 0.2) is 0 Å². The second-order valence-corrected chi connectivity index (χ2v) is 6.67. The summed E-state index contributed by atoms with van der Waals surface area (Å²) in [7, 11) is 2.00. The lowest BCUT2D eigenvalue weighted by molar-refractivity contribution is 0.0380. The van der Waals surface area contributed by atoms with Crippen molar-refractivity contribution in [3.63, 3.8) is 0 Å². The van der Waals surface area contributed by atoms with Gasteiger partial charge in [-0.1, -0.05) is 6.92 Å². The molecule has 0 aromatic carbocycles. The van der Waals surface area contributed by atoms with E-state index in [4.69, 9.17) is 5.73 Å². The first-order valence-corrected chi connectivity index (χ1v) is 7.39. The number of aromatic nitrogens is 2. The van der Waals surface area contributed by atoms with Gasteiger partial charge in [-0.2, -0.15) is 5.10 Å². The fraction of sp³-hybridized carbons (Fsp3) is 0.800. The van der Waals surface area contributed by atoms with Crippen LogP contribution in [0.5, 0.6) is 0 Å². The van der Waals surface area contributed by atoms with Crippen molar-refractivity contribution in [2.75, 3.05) is 6.54 Å². The lowest BCUT2D eigenvalue weighted by atomic mass is 9.87. The number of likely N-dealkylation sites (tertiary alicyclic amines) is 1. The van der Waals surface area contributed by atoms with E-state index in [1.807, 2.05) is 11.7 Å². The Bertz CT molecular complexity index is 430. The zero-order chi connectivity index (χ0) is 14.2. The number of piperidine rings is 1. The predicted molar refractivity (Wildman–Crippen MR) is 79.0 cm³/mol. The minimum atomic E-state index is 0.142. The molecule has 2 unspecified atom stereocenters. The van der Waals surface area contributed by atoms with Gasteiger partial charge in [-0.15, -0.1) is 0 Å². The summed E-state index contributed by atoms with van der Waals surface area (Å²) in [5.74, 6) is 0. The van der Waals surface area contributed by atoms with Crippen LogP contribution in [0.4, 0.5) is 0 Å². The van der Waals surface area contributed by atoms with Crippen LogP contribution in [0, 0.1) is 0 Å². The van der Waals surface area contributed by atoms with Crippen LogP contribution in [0.15, 0.2) is 6.20 Å². The average Bonchev–Trinajstić information content (AvgIpc) is 2.68. The molecule has 2 atom stereocenters. The maximum atomic E-state index is 6.45. The summed E-state index contributed by atoms with van der Waals surface area (Å²) in [4.78, 5) is 2.55. The van der Waals surface area contributed by atoms with E-state index in [0.29, 0.717) is 6.04 Å². The third-order valence-corrected chi connectivity index (χ3v) is 4.13. The third-order valence-electron chi connectivity index (χ3n) is 4.13. The van der Waals surface area contributed by atoms with Crippen molar-refractivity contribution < 1.29 is 0 Å². The highest BCUT2D eigenvalue weighted by Gasteiger charge is 2.38. The van der Waals surface area contributed by atoms with Gasteiger partial charge in [-0.3, -0.25) is 9.58 Å². The molecule has 1 aromatic heterocycles. The van der Waals surface area contributed by atoms with Gasteiger partial charge in [0.05, 0.1) is 11.7 Å². The maximum absolute atomic E-state index is 6.45. The van der Waals surface area contributed by atoms with Crippen molar-refractivity contribution in [2.24, 2.45) is 12.8 Å². The Hall–Kier alpha value is -0.870. The Morgan fingerprint density at radius 3 is 2.68 bits per heavy atom. The van der Waals surface area contributed by atoms with E-state index >= 15 is 0 Å². The number of aryl methyl sites for hydroxylation is 2. The minimum absolute atomic E-state index is 0.142. The lowest BCUT2D eigenvalue weighted by Gasteiger charge is -2.47. The van der Waals surface area contributed by atoms with Crippen molar-refractivity contribution in [1.29, 1.82) is 0 Å². The number of rotatable bonds is 2. The Balaban J connectivity index is 2.41. The molecule has 108 valence electrons. The summed E-state index contributed by atoms with van der Waals surface area (Å²) in [6.45, 7) is 10.1. The van der Waals surface area contributed by atoms with Gasteiger partial charge in [-0.05, 0) is 46.6 Å². The van der Waals surface area contributed by atoms with Gasteiger partial charge < -0.3 is 5.73 Å². The second-order valence-electron chi connectivity index (χ2n) is 6.67. The van der Waals surface area contributed by atoms with E-state index in [1.54, 1.807) is 0 Å². The van der Waals surface area contributed by atoms with Crippen LogP contribution < -0.4 is 5.73 Å². The number of nitrogens with zero attached hydrogens (tertiary/aromatic N) is 3. The molecule has 0 bridgehead atoms. The molecule has 19 heavy (non-hydrogen) atoms. The largest absolute Gasteiger partial charge is 0.326 e. The Morgan fingerprint density at radius 2 is 2.11 bits per heavy atom. The number of hydrogen-bond acceptors (Lipinski definition) is 3. The molecule has 1 fully saturated rings. The van der Waals surface area contributed by atoms with Crippen molar-refractivity contribution in [3.05, 3.63) is 17.5 Å². The molecule has 1 saturated heterocycles. The summed E-state index contributed by atoms with van der Waals surface area (Å²) >= 11 is 0. The Labute approximate surface area is 117 Å². The SMILES string of the molecule is CCc1nn(C)cc1C1C(N)CCCN1C(C)(C)C. The topological polar surface area (TPSA) is 47.1 Å². The third kappa shape index (κ3) is 2.84. The molecule has 1 aliphatic heterocycles. The van der Waals surface area contributed by atoms with Crippen LogP contribution in [0.25, 0.3) is 0 Å². The normalized spacial score (nSPS) is 25.8. The first-order chi connectivity index (χ1) is 8.84. The summed E-state index contributed by atoms with van der Waals surface area (Å²) < 4.78 is 1.93. The van der Waals surface area contributed by atoms with Crippen LogP contribution >= 0.6 is 0 Å². The van der Waals surface area contributed by atoms with Gasteiger partial charge in [-0.25, -0.2) is 0 Å². The average molecular weight is 264 g/mol. The van der Waals surface area contributed by atoms with Crippen molar-refractivity contribution >= 4 is 0 Å². The first kappa shape index (κ1) is 14.5. The molecule has 1 aliphatic rings. The van der Waals surface area contributed by atoms with Crippen LogP contribution in [0.1, 0.15) is 57.8 Å². The fourth-order valence-electron chi connectivity index (χ4n) is 3.25. The molecule has 1 aromatic rings. The zero-order valence-corrected chi connectivity index (χ0v) is 13.0. The Morgan fingerprint density at radius 1 is 1.42 bits per heavy atom. The molecule has 4 nitrogen and oxygen atoms in total. The molecule has 0 aliphatic carbocycles. The van der Waals surface area contributed by atoms with Gasteiger partial charge >= 0.3 is 0 Å². The quantitative estimate of drug-likeness (QED) is 0.891. The van der Waals surface area contributed by atoms with E-state index in [2.05, 4.69) is 43.9 Å². The molecule has 0 spiro atoms. The molecular formula is C15H28N4. The number of hydrogen-bond donors (Lipinski definition) is 1. The smallest absolute Gasteiger partial charge is 0.0670 e. The summed E-state index contributed by atoms with van der Waals surface area (Å²) in [5, 5.41) is 4.59. The summed E-state index contributed by atoms with van der Waals surface area (Å²) in [6, 6.07) is 0.514. The minimum Gasteiger partial charge on any atom is -0.326 e. The van der Waals surface area contributed by atoms with Crippen molar-refractivity contribution in [2.45, 2.75) is 64.6 Å². The zero-order valence-electron chi connectivity index (χ0n) is 13.0. The van der Waals surface area contributed by atoms with Crippen LogP contribution in [-0.2, 0) is 13.5 Å². The van der Waals surface area contributed by atoms with E-state index in [1.165, 1.54) is 17.7 Å². The van der Waals surface area contributed by atoms with Crippen LogP contribution in [0.3, 0.4) is 0 Å². The standard InChI is InChI=1S/C15H28N4/c1-6-13-11(10-18(5)17-13)14-12(16)8-7-9-19(14)15(2,3)4/h10,12,14H,6-9,16H2,1-5H3. The second kappa shape index (κ2) is 5.25. The van der Waals surface area contributed by atoms with Gasteiger partial charge in [0.25, 0.3) is 0 Å². The molecule has 2 rings (SSSR count). The van der Waals surface area contributed by atoms with Gasteiger partial charge in [0.2, 0.25) is 0 Å². The molecule has 0 amide bonds. The highest BCUT2D eigenvalue weighted by molar-refractivity contribution is 5.24. The summed E-state index contributed by atoms with van der Waals surface area (Å²) in [6.07, 6.45) is 5.43. The Kier molecular flexibility index (Phi) is 4.02. The highest BCUT2D eigenvalue weighted by Crippen LogP contribution is 2.36. The fourth-order valence-corrected chi connectivity index (χ4v) is 3.25. The maximum Gasteiger partial charge on any atom is 0.0670 e. The highest BCUT2D eigenvalue weighted by atomic mass is 15.3. The van der Waals surface area contributed by atoms with Crippen LogP contribution in [-0.4, -0.2) is 32.8 Å². The first-order valence-electron chi connectivity index (χ1n) is 7.39. The predicted octanol–water partition coefficient (Wildman–Crippen LogP) is 2.25. The summed E-state index contributed by atoms with van der Waals surface area (Å²) in [5.41, 5.74) is 9.11. The molecule has 2 N–H and O–H groups in total. The van der Waals surface area contributed by atoms with E-state index in [9.17, 15) is 0 Å². The van der Waals surface area contributed by atoms with Crippen LogP contribution in [0.2, 0.25) is 0 Å². The van der Waals surface area contributed by atoms with Crippen molar-refractivity contribution in [3.8, 4) is 0 Å². The van der Waals surface area contributed by atoms with Crippen molar-refractivity contribution in [1.82, 2.24) is 14.7 Å². The van der Waals surface area contributed by atoms with Gasteiger partial charge in [0.1, 0.15) is 0 Å².